The fraction of sp³-hybridized carbons (Fsp3) is 0. The SMILES string of the molecule is O=c1c2ccccc2nc(/C=C/c2cccc([N+](=O)[O-])c2)n1-c1ccccc1. The van der Waals surface area contributed by atoms with Gasteiger partial charge >= 0.3 is 0 Å². The van der Waals surface area contributed by atoms with E-state index in [0.717, 1.165) is 0 Å². The Hall–Kier alpha value is -4.06. The molecule has 1 heterocycles. The zero-order chi connectivity index (χ0) is 19.5. The van der Waals surface area contributed by atoms with Crippen molar-refractivity contribution < 1.29 is 4.92 Å². The van der Waals surface area contributed by atoms with E-state index < -0.39 is 4.92 Å². The number of non-ortho nitro benzene ring substituents is 1. The van der Waals surface area contributed by atoms with E-state index in [-0.39, 0.29) is 11.2 Å². The summed E-state index contributed by atoms with van der Waals surface area (Å²) in [6, 6.07) is 22.7. The summed E-state index contributed by atoms with van der Waals surface area (Å²) in [6.07, 6.45) is 3.41. The van der Waals surface area contributed by atoms with Crippen molar-refractivity contribution in [3.63, 3.8) is 0 Å². The molecule has 0 N–H and O–H groups in total. The van der Waals surface area contributed by atoms with Gasteiger partial charge in [-0.15, -0.1) is 0 Å². The average Bonchev–Trinajstić information content (AvgIpc) is 2.73. The summed E-state index contributed by atoms with van der Waals surface area (Å²) >= 11 is 0. The lowest BCUT2D eigenvalue weighted by atomic mass is 10.2. The minimum absolute atomic E-state index is 0.00840. The highest BCUT2D eigenvalue weighted by molar-refractivity contribution is 5.80. The van der Waals surface area contributed by atoms with Crippen LogP contribution in [0.2, 0.25) is 0 Å². The van der Waals surface area contributed by atoms with Crippen molar-refractivity contribution >= 4 is 28.7 Å². The van der Waals surface area contributed by atoms with Gasteiger partial charge in [0.05, 0.1) is 21.5 Å². The Morgan fingerprint density at radius 1 is 0.893 bits per heavy atom. The number of nitro benzene ring substituents is 1. The molecule has 0 fully saturated rings. The van der Waals surface area contributed by atoms with Crippen molar-refractivity contribution in [1.82, 2.24) is 9.55 Å². The van der Waals surface area contributed by atoms with Crippen LogP contribution in [-0.2, 0) is 0 Å². The van der Waals surface area contributed by atoms with Gasteiger partial charge in [0, 0.05) is 12.1 Å². The number of para-hydroxylation sites is 2. The normalized spacial score (nSPS) is 11.1. The highest BCUT2D eigenvalue weighted by atomic mass is 16.6. The molecule has 0 amide bonds. The first-order valence-corrected chi connectivity index (χ1v) is 8.63. The van der Waals surface area contributed by atoms with Crippen molar-refractivity contribution in [3.8, 4) is 5.69 Å². The van der Waals surface area contributed by atoms with Crippen LogP contribution in [0.4, 0.5) is 5.69 Å². The maximum Gasteiger partial charge on any atom is 0.270 e. The number of hydrogen-bond acceptors (Lipinski definition) is 4. The third-order valence-corrected chi connectivity index (χ3v) is 4.32. The lowest BCUT2D eigenvalue weighted by molar-refractivity contribution is -0.384. The zero-order valence-corrected chi connectivity index (χ0v) is 14.7. The van der Waals surface area contributed by atoms with E-state index in [1.54, 1.807) is 42.5 Å². The molecule has 0 aliphatic heterocycles. The van der Waals surface area contributed by atoms with Gasteiger partial charge in [-0.05, 0) is 35.9 Å². The Balaban J connectivity index is 1.89. The zero-order valence-electron chi connectivity index (χ0n) is 14.7. The van der Waals surface area contributed by atoms with Crippen molar-refractivity contribution in [3.05, 3.63) is 111 Å². The van der Waals surface area contributed by atoms with Gasteiger partial charge in [-0.25, -0.2) is 4.98 Å². The maximum atomic E-state index is 13.1. The maximum absolute atomic E-state index is 13.1. The van der Waals surface area contributed by atoms with Crippen LogP contribution in [0.5, 0.6) is 0 Å². The van der Waals surface area contributed by atoms with Crippen LogP contribution in [0.25, 0.3) is 28.7 Å². The second kappa shape index (κ2) is 7.28. The Kier molecular flexibility index (Phi) is 4.51. The third-order valence-electron chi connectivity index (χ3n) is 4.32. The van der Waals surface area contributed by atoms with Crippen molar-refractivity contribution in [2.24, 2.45) is 0 Å². The van der Waals surface area contributed by atoms with Crippen LogP contribution in [0.3, 0.4) is 0 Å². The average molecular weight is 369 g/mol. The Labute approximate surface area is 160 Å². The molecule has 6 nitrogen and oxygen atoms in total. The van der Waals surface area contributed by atoms with E-state index in [9.17, 15) is 14.9 Å². The Morgan fingerprint density at radius 2 is 1.64 bits per heavy atom. The van der Waals surface area contributed by atoms with Gasteiger partial charge in [-0.1, -0.05) is 48.5 Å². The highest BCUT2D eigenvalue weighted by Gasteiger charge is 2.11. The molecule has 0 aliphatic rings. The van der Waals surface area contributed by atoms with Gasteiger partial charge in [-0.2, -0.15) is 0 Å². The fourth-order valence-corrected chi connectivity index (χ4v) is 3.00. The van der Waals surface area contributed by atoms with E-state index in [4.69, 9.17) is 0 Å². The minimum Gasteiger partial charge on any atom is -0.268 e. The Bertz CT molecular complexity index is 1260. The predicted molar refractivity (Wildman–Crippen MR) is 109 cm³/mol. The fourth-order valence-electron chi connectivity index (χ4n) is 3.00. The number of benzene rings is 3. The molecule has 0 atom stereocenters. The van der Waals surface area contributed by atoms with E-state index in [0.29, 0.717) is 28.0 Å². The second-order valence-corrected chi connectivity index (χ2v) is 6.15. The summed E-state index contributed by atoms with van der Waals surface area (Å²) in [5.41, 5.74) is 1.78. The van der Waals surface area contributed by atoms with Crippen molar-refractivity contribution in [2.45, 2.75) is 0 Å². The minimum atomic E-state index is -0.439. The number of nitrogens with zero attached hydrogens (tertiary/aromatic N) is 3. The number of hydrogen-bond donors (Lipinski definition) is 0. The number of rotatable bonds is 4. The topological polar surface area (TPSA) is 78.0 Å². The molecule has 1 aromatic heterocycles. The molecule has 0 spiro atoms. The summed E-state index contributed by atoms with van der Waals surface area (Å²) in [6.45, 7) is 0. The van der Waals surface area contributed by atoms with E-state index in [1.807, 2.05) is 36.4 Å². The molecular formula is C22H15N3O3. The van der Waals surface area contributed by atoms with Gasteiger partial charge in [0.15, 0.2) is 0 Å². The van der Waals surface area contributed by atoms with Gasteiger partial charge in [0.25, 0.3) is 11.2 Å². The molecule has 28 heavy (non-hydrogen) atoms. The first-order chi connectivity index (χ1) is 13.6. The highest BCUT2D eigenvalue weighted by Crippen LogP contribution is 2.17. The number of aromatic nitrogens is 2. The summed E-state index contributed by atoms with van der Waals surface area (Å²) < 4.78 is 1.54. The molecule has 3 aromatic carbocycles. The molecule has 4 rings (SSSR count). The molecule has 4 aromatic rings. The quantitative estimate of drug-likeness (QED) is 0.393. The van der Waals surface area contributed by atoms with Gasteiger partial charge in [0.1, 0.15) is 5.82 Å². The van der Waals surface area contributed by atoms with Gasteiger partial charge < -0.3 is 0 Å². The van der Waals surface area contributed by atoms with E-state index >= 15 is 0 Å². The summed E-state index contributed by atoms with van der Waals surface area (Å²) in [7, 11) is 0. The smallest absolute Gasteiger partial charge is 0.268 e. The summed E-state index contributed by atoms with van der Waals surface area (Å²) in [5.74, 6) is 0.446. The van der Waals surface area contributed by atoms with Crippen LogP contribution in [0, 0.1) is 10.1 Å². The molecular weight excluding hydrogens is 354 g/mol. The number of fused-ring (bicyclic) bond motifs is 1. The molecule has 0 aliphatic carbocycles. The summed E-state index contributed by atoms with van der Waals surface area (Å²) in [5, 5.41) is 11.5. The largest absolute Gasteiger partial charge is 0.270 e. The standard InChI is InChI=1S/C22H15N3O3/c26-22-19-11-4-5-12-20(19)23-21(24(22)17-8-2-1-3-9-17)14-13-16-7-6-10-18(15-16)25(27)28/h1-15H/b14-13+. The monoisotopic (exact) mass is 369 g/mol. The first kappa shape index (κ1) is 17.4. The van der Waals surface area contributed by atoms with Crippen LogP contribution in [0.15, 0.2) is 83.7 Å². The molecule has 0 unspecified atom stereocenters. The van der Waals surface area contributed by atoms with E-state index in [2.05, 4.69) is 4.98 Å². The Morgan fingerprint density at radius 3 is 2.43 bits per heavy atom. The second-order valence-electron chi connectivity index (χ2n) is 6.15. The molecule has 6 heteroatoms. The van der Waals surface area contributed by atoms with Crippen molar-refractivity contribution in [1.29, 1.82) is 0 Å². The molecule has 0 bridgehead atoms. The molecule has 0 radical (unpaired) electrons. The van der Waals surface area contributed by atoms with Crippen LogP contribution in [0.1, 0.15) is 11.4 Å². The third kappa shape index (κ3) is 3.31. The lowest BCUT2D eigenvalue weighted by Gasteiger charge is -2.11. The van der Waals surface area contributed by atoms with Crippen LogP contribution in [-0.4, -0.2) is 14.5 Å². The lowest BCUT2D eigenvalue weighted by Crippen LogP contribution is -2.22. The van der Waals surface area contributed by atoms with Crippen LogP contribution < -0.4 is 5.56 Å². The molecule has 136 valence electrons. The van der Waals surface area contributed by atoms with Crippen molar-refractivity contribution in [2.75, 3.05) is 0 Å². The van der Waals surface area contributed by atoms with Gasteiger partial charge in [-0.3, -0.25) is 19.5 Å². The predicted octanol–water partition coefficient (Wildman–Crippen LogP) is 4.46. The number of nitro groups is 1. The first-order valence-electron chi connectivity index (χ1n) is 8.63. The molecule has 0 saturated heterocycles. The summed E-state index contributed by atoms with van der Waals surface area (Å²) in [4.78, 5) is 28.3. The van der Waals surface area contributed by atoms with Gasteiger partial charge in [0.2, 0.25) is 0 Å². The van der Waals surface area contributed by atoms with Crippen LogP contribution >= 0.6 is 0 Å². The van der Waals surface area contributed by atoms with E-state index in [1.165, 1.54) is 16.7 Å². The molecule has 0 saturated carbocycles.